The van der Waals surface area contributed by atoms with Crippen molar-refractivity contribution in [3.05, 3.63) is 50.7 Å². The highest BCUT2D eigenvalue weighted by Crippen LogP contribution is 2.37. The second kappa shape index (κ2) is 9.57. The Morgan fingerprint density at radius 2 is 2.14 bits per heavy atom. The van der Waals surface area contributed by atoms with E-state index >= 15 is 0 Å². The van der Waals surface area contributed by atoms with E-state index < -0.39 is 0 Å². The first kappa shape index (κ1) is 20.9. The van der Waals surface area contributed by atoms with Gasteiger partial charge in [-0.2, -0.15) is 0 Å². The molecule has 152 valence electrons. The van der Waals surface area contributed by atoms with Crippen LogP contribution in [0.1, 0.15) is 40.5 Å². The molecule has 1 heterocycles. The van der Waals surface area contributed by atoms with Crippen LogP contribution in [0.5, 0.6) is 5.75 Å². The molecule has 0 bridgehead atoms. The molecule has 0 radical (unpaired) electrons. The molecule has 1 aromatic carbocycles. The Morgan fingerprint density at radius 3 is 2.86 bits per heavy atom. The summed E-state index contributed by atoms with van der Waals surface area (Å²) < 4.78 is 11.0. The highest BCUT2D eigenvalue weighted by molar-refractivity contribution is 7.09. The zero-order valence-corrected chi connectivity index (χ0v) is 18.2. The van der Waals surface area contributed by atoms with E-state index in [9.17, 15) is 4.79 Å². The minimum absolute atomic E-state index is 0.00545. The van der Waals surface area contributed by atoms with Crippen molar-refractivity contribution in [1.82, 2.24) is 5.32 Å². The number of amides is 1. The molecular weight excluding hydrogens is 370 g/mol. The monoisotopic (exact) mass is 401 g/mol. The first-order valence-electron chi connectivity index (χ1n) is 10.0. The van der Waals surface area contributed by atoms with Crippen molar-refractivity contribution in [2.24, 2.45) is 11.8 Å². The zero-order valence-electron chi connectivity index (χ0n) is 17.3. The highest BCUT2D eigenvalue weighted by atomic mass is 32.1. The predicted octanol–water partition coefficient (Wildman–Crippen LogP) is 4.45. The molecule has 0 aliphatic heterocycles. The minimum Gasteiger partial charge on any atom is -0.491 e. The van der Waals surface area contributed by atoms with E-state index in [0.717, 1.165) is 25.0 Å². The van der Waals surface area contributed by atoms with E-state index in [1.165, 1.54) is 27.1 Å². The van der Waals surface area contributed by atoms with E-state index in [-0.39, 0.29) is 11.8 Å². The molecule has 3 rings (SSSR count). The van der Waals surface area contributed by atoms with Gasteiger partial charge in [0, 0.05) is 17.9 Å². The molecule has 4 nitrogen and oxygen atoms in total. The number of methoxy groups -OCH3 is 1. The Morgan fingerprint density at radius 1 is 1.32 bits per heavy atom. The molecule has 0 saturated heterocycles. The number of carbonyl (C=O) groups excluding carboxylic acids is 1. The van der Waals surface area contributed by atoms with Crippen LogP contribution in [0.25, 0.3) is 0 Å². The lowest BCUT2D eigenvalue weighted by Gasteiger charge is -2.31. The van der Waals surface area contributed by atoms with Gasteiger partial charge in [0.1, 0.15) is 12.4 Å². The van der Waals surface area contributed by atoms with Gasteiger partial charge in [0.25, 0.3) is 0 Å². The van der Waals surface area contributed by atoms with Crippen molar-refractivity contribution < 1.29 is 14.3 Å². The number of thiophene rings is 1. The van der Waals surface area contributed by atoms with Gasteiger partial charge in [-0.05, 0) is 78.8 Å². The van der Waals surface area contributed by atoms with Gasteiger partial charge in [-0.25, -0.2) is 0 Å². The van der Waals surface area contributed by atoms with Crippen LogP contribution in [-0.2, 0) is 28.9 Å². The average Bonchev–Trinajstić information content (AvgIpc) is 3.22. The third kappa shape index (κ3) is 4.76. The largest absolute Gasteiger partial charge is 0.491 e. The maximum Gasteiger partial charge on any atom is 0.223 e. The van der Waals surface area contributed by atoms with Gasteiger partial charge in [0.15, 0.2) is 0 Å². The Hall–Kier alpha value is -1.85. The van der Waals surface area contributed by atoms with Gasteiger partial charge in [-0.3, -0.25) is 4.79 Å². The van der Waals surface area contributed by atoms with E-state index in [1.54, 1.807) is 18.4 Å². The summed E-state index contributed by atoms with van der Waals surface area (Å²) in [5.74, 6) is 1.47. The standard InChI is InChI=1S/C23H31NO3S/c1-15-12-22(27-10-9-26-4)17(3)21-13-18(7-8-20(15)21)16(2)23(25)24-14-19-6-5-11-28-19/h5-6,11-12,16,18H,7-10,13-14H2,1-4H3,(H,24,25)/t16-,18+/m0/s1. The number of rotatable bonds is 8. The summed E-state index contributed by atoms with van der Waals surface area (Å²) in [5, 5.41) is 5.15. The van der Waals surface area contributed by atoms with E-state index in [4.69, 9.17) is 9.47 Å². The third-order valence-electron chi connectivity index (χ3n) is 5.92. The lowest BCUT2D eigenvalue weighted by atomic mass is 9.74. The SMILES string of the molecule is COCCOc1cc(C)c2c(c1C)C[C@H]([C@H](C)C(=O)NCc1cccs1)CC2. The topological polar surface area (TPSA) is 47.6 Å². The van der Waals surface area contributed by atoms with Gasteiger partial charge in [-0.1, -0.05) is 13.0 Å². The first-order chi connectivity index (χ1) is 13.5. The highest BCUT2D eigenvalue weighted by Gasteiger charge is 2.30. The Kier molecular flexibility index (Phi) is 7.13. The molecule has 2 atom stereocenters. The van der Waals surface area contributed by atoms with E-state index in [1.807, 2.05) is 11.4 Å². The second-order valence-electron chi connectivity index (χ2n) is 7.70. The number of hydrogen-bond donors (Lipinski definition) is 1. The summed E-state index contributed by atoms with van der Waals surface area (Å²) in [5.41, 5.74) is 5.33. The number of carbonyl (C=O) groups is 1. The molecule has 0 saturated carbocycles. The Bertz CT molecular complexity index is 801. The Balaban J connectivity index is 1.68. The summed E-state index contributed by atoms with van der Waals surface area (Å²) in [7, 11) is 1.68. The summed E-state index contributed by atoms with van der Waals surface area (Å²) in [6, 6.07) is 6.23. The van der Waals surface area contributed by atoms with Crippen LogP contribution in [0.3, 0.4) is 0 Å². The number of nitrogens with one attached hydrogen (secondary N) is 1. The van der Waals surface area contributed by atoms with Gasteiger partial charge in [0.05, 0.1) is 13.2 Å². The van der Waals surface area contributed by atoms with E-state index in [2.05, 4.69) is 38.2 Å². The van der Waals surface area contributed by atoms with Gasteiger partial charge in [0.2, 0.25) is 5.91 Å². The maximum absolute atomic E-state index is 12.7. The molecule has 0 fully saturated rings. The van der Waals surface area contributed by atoms with Crippen LogP contribution >= 0.6 is 11.3 Å². The summed E-state index contributed by atoms with van der Waals surface area (Å²) >= 11 is 1.68. The molecular formula is C23H31NO3S. The smallest absolute Gasteiger partial charge is 0.223 e. The lowest BCUT2D eigenvalue weighted by molar-refractivity contribution is -0.126. The molecule has 28 heavy (non-hydrogen) atoms. The van der Waals surface area contributed by atoms with E-state index in [0.29, 0.717) is 25.7 Å². The maximum atomic E-state index is 12.7. The average molecular weight is 402 g/mol. The molecule has 1 aliphatic carbocycles. The van der Waals surface area contributed by atoms with Crippen molar-refractivity contribution in [3.63, 3.8) is 0 Å². The Labute approximate surface area is 172 Å². The molecule has 2 aromatic rings. The number of hydrogen-bond acceptors (Lipinski definition) is 4. The van der Waals surface area contributed by atoms with Crippen LogP contribution < -0.4 is 10.1 Å². The van der Waals surface area contributed by atoms with Crippen molar-refractivity contribution in [1.29, 1.82) is 0 Å². The van der Waals surface area contributed by atoms with Crippen molar-refractivity contribution in [3.8, 4) is 5.75 Å². The number of ether oxygens (including phenoxy) is 2. The molecule has 1 amide bonds. The fourth-order valence-electron chi connectivity index (χ4n) is 4.10. The van der Waals surface area contributed by atoms with Crippen LogP contribution in [0.4, 0.5) is 0 Å². The second-order valence-corrected chi connectivity index (χ2v) is 8.74. The van der Waals surface area contributed by atoms with Gasteiger partial charge >= 0.3 is 0 Å². The van der Waals surface area contributed by atoms with Crippen molar-refractivity contribution in [2.45, 2.75) is 46.6 Å². The summed E-state index contributed by atoms with van der Waals surface area (Å²) in [6.07, 6.45) is 3.04. The molecule has 1 N–H and O–H groups in total. The van der Waals surface area contributed by atoms with Crippen LogP contribution in [0, 0.1) is 25.7 Å². The third-order valence-corrected chi connectivity index (χ3v) is 6.80. The molecule has 1 aliphatic rings. The quantitative estimate of drug-likeness (QED) is 0.665. The van der Waals surface area contributed by atoms with Crippen molar-refractivity contribution >= 4 is 17.2 Å². The van der Waals surface area contributed by atoms with Gasteiger partial charge in [-0.15, -0.1) is 11.3 Å². The normalized spacial score (nSPS) is 17.1. The zero-order chi connectivity index (χ0) is 20.1. The minimum atomic E-state index is 0.00545. The number of fused-ring (bicyclic) bond motifs is 1. The lowest BCUT2D eigenvalue weighted by Crippen LogP contribution is -2.35. The van der Waals surface area contributed by atoms with Crippen LogP contribution in [0.15, 0.2) is 23.6 Å². The summed E-state index contributed by atoms with van der Waals surface area (Å²) in [6.45, 7) is 8.14. The van der Waals surface area contributed by atoms with Crippen LogP contribution in [0.2, 0.25) is 0 Å². The molecule has 1 aromatic heterocycles. The van der Waals surface area contributed by atoms with Crippen molar-refractivity contribution in [2.75, 3.05) is 20.3 Å². The number of benzene rings is 1. The first-order valence-corrected chi connectivity index (χ1v) is 10.9. The number of aryl methyl sites for hydroxylation is 1. The predicted molar refractivity (Wildman–Crippen MR) is 114 cm³/mol. The molecule has 0 unspecified atom stereocenters. The molecule has 0 spiro atoms. The summed E-state index contributed by atoms with van der Waals surface area (Å²) in [4.78, 5) is 13.9. The fourth-order valence-corrected chi connectivity index (χ4v) is 4.74. The molecule has 5 heteroatoms. The fraction of sp³-hybridized carbons (Fsp3) is 0.522. The van der Waals surface area contributed by atoms with Crippen LogP contribution in [-0.4, -0.2) is 26.2 Å². The van der Waals surface area contributed by atoms with Gasteiger partial charge < -0.3 is 14.8 Å².